The summed E-state index contributed by atoms with van der Waals surface area (Å²) >= 11 is 0. The normalized spacial score (nSPS) is 15.1. The van der Waals surface area contributed by atoms with E-state index in [9.17, 15) is 13.2 Å². The predicted molar refractivity (Wildman–Crippen MR) is 105 cm³/mol. The van der Waals surface area contributed by atoms with Crippen molar-refractivity contribution in [1.82, 2.24) is 14.5 Å². The maximum atomic E-state index is 13.2. The summed E-state index contributed by atoms with van der Waals surface area (Å²) in [4.78, 5) is 14.7. The minimum absolute atomic E-state index is 0.162. The first-order chi connectivity index (χ1) is 13.0. The molecule has 1 heterocycles. The van der Waals surface area contributed by atoms with Gasteiger partial charge in [0.1, 0.15) is 0 Å². The molecule has 1 N–H and O–H groups in total. The molecule has 0 aliphatic carbocycles. The second kappa shape index (κ2) is 8.65. The van der Waals surface area contributed by atoms with Crippen LogP contribution in [-0.4, -0.2) is 56.3 Å². The molecule has 0 saturated carbocycles. The Morgan fingerprint density at radius 1 is 1.07 bits per heavy atom. The van der Waals surface area contributed by atoms with Gasteiger partial charge < -0.3 is 10.2 Å². The largest absolute Gasteiger partial charge is 0.339 e. The molecule has 1 fully saturated rings. The fourth-order valence-corrected chi connectivity index (χ4v) is 4.55. The number of carbonyl (C=O) groups excluding carboxylic acids is 1. The summed E-state index contributed by atoms with van der Waals surface area (Å²) < 4.78 is 27.6. The molecule has 3 rings (SSSR count). The van der Waals surface area contributed by atoms with Crippen molar-refractivity contribution in [3.8, 4) is 0 Å². The number of piperazine rings is 1. The highest BCUT2D eigenvalue weighted by Gasteiger charge is 2.29. The number of carbonyl (C=O) groups is 1. The standard InChI is InChI=1S/C20H25N3O3S/c1-17-6-5-7-18(14-17)15-23(16-20(24)22-12-10-21-11-13-22)27(25,26)19-8-3-2-4-9-19/h2-9,14,21H,10-13,15-16H2,1H3. The van der Waals surface area contributed by atoms with Gasteiger partial charge in [-0.1, -0.05) is 48.0 Å². The summed E-state index contributed by atoms with van der Waals surface area (Å²) in [5.41, 5.74) is 1.92. The van der Waals surface area contributed by atoms with Crippen LogP contribution in [0.4, 0.5) is 0 Å². The van der Waals surface area contributed by atoms with Crippen molar-refractivity contribution in [1.29, 1.82) is 0 Å². The molecule has 0 bridgehead atoms. The van der Waals surface area contributed by atoms with E-state index >= 15 is 0 Å². The van der Waals surface area contributed by atoms with Gasteiger partial charge in [-0.05, 0) is 24.6 Å². The van der Waals surface area contributed by atoms with Crippen LogP contribution in [0.5, 0.6) is 0 Å². The van der Waals surface area contributed by atoms with E-state index < -0.39 is 10.0 Å². The van der Waals surface area contributed by atoms with E-state index in [1.807, 2.05) is 31.2 Å². The fraction of sp³-hybridized carbons (Fsp3) is 0.350. The van der Waals surface area contributed by atoms with Crippen LogP contribution >= 0.6 is 0 Å². The van der Waals surface area contributed by atoms with Crippen molar-refractivity contribution in [2.24, 2.45) is 0 Å². The molecule has 0 atom stereocenters. The Hall–Kier alpha value is -2.22. The first-order valence-electron chi connectivity index (χ1n) is 9.06. The average molecular weight is 388 g/mol. The Labute approximate surface area is 160 Å². The highest BCUT2D eigenvalue weighted by Crippen LogP contribution is 2.19. The Morgan fingerprint density at radius 2 is 1.78 bits per heavy atom. The fourth-order valence-electron chi connectivity index (χ4n) is 3.15. The molecular weight excluding hydrogens is 362 g/mol. The molecule has 0 radical (unpaired) electrons. The third kappa shape index (κ3) is 4.94. The first-order valence-corrected chi connectivity index (χ1v) is 10.5. The lowest BCUT2D eigenvalue weighted by Gasteiger charge is -2.30. The zero-order chi connectivity index (χ0) is 19.3. The Balaban J connectivity index is 1.87. The van der Waals surface area contributed by atoms with Gasteiger partial charge in [-0.3, -0.25) is 4.79 Å². The highest BCUT2D eigenvalue weighted by atomic mass is 32.2. The Bertz CT molecular complexity index is 878. The molecule has 1 amide bonds. The summed E-state index contributed by atoms with van der Waals surface area (Å²) in [6, 6.07) is 16.0. The van der Waals surface area contributed by atoms with Crippen molar-refractivity contribution in [3.05, 3.63) is 65.7 Å². The number of hydrogen-bond acceptors (Lipinski definition) is 4. The molecule has 2 aromatic rings. The lowest BCUT2D eigenvalue weighted by atomic mass is 10.1. The SMILES string of the molecule is Cc1cccc(CN(CC(=O)N2CCNCC2)S(=O)(=O)c2ccccc2)c1. The second-order valence-corrected chi connectivity index (χ2v) is 8.64. The van der Waals surface area contributed by atoms with Crippen LogP contribution in [0, 0.1) is 6.92 Å². The maximum Gasteiger partial charge on any atom is 0.243 e. The van der Waals surface area contributed by atoms with Gasteiger partial charge >= 0.3 is 0 Å². The number of hydrogen-bond donors (Lipinski definition) is 1. The van der Waals surface area contributed by atoms with Gasteiger partial charge in [-0.2, -0.15) is 4.31 Å². The minimum atomic E-state index is -3.78. The maximum absolute atomic E-state index is 13.2. The van der Waals surface area contributed by atoms with Gasteiger partial charge in [0, 0.05) is 32.7 Å². The predicted octanol–water partition coefficient (Wildman–Crippen LogP) is 1.62. The number of sulfonamides is 1. The van der Waals surface area contributed by atoms with Gasteiger partial charge in [-0.25, -0.2) is 8.42 Å². The topological polar surface area (TPSA) is 69.7 Å². The van der Waals surface area contributed by atoms with E-state index in [-0.39, 0.29) is 23.9 Å². The Kier molecular flexibility index (Phi) is 6.26. The summed E-state index contributed by atoms with van der Waals surface area (Å²) in [5.74, 6) is -0.163. The van der Waals surface area contributed by atoms with Gasteiger partial charge in [-0.15, -0.1) is 0 Å². The smallest absolute Gasteiger partial charge is 0.243 e. The molecule has 1 aliphatic rings. The zero-order valence-electron chi connectivity index (χ0n) is 15.5. The monoisotopic (exact) mass is 387 g/mol. The second-order valence-electron chi connectivity index (χ2n) is 6.71. The zero-order valence-corrected chi connectivity index (χ0v) is 16.3. The number of amides is 1. The van der Waals surface area contributed by atoms with Crippen molar-refractivity contribution in [3.63, 3.8) is 0 Å². The van der Waals surface area contributed by atoms with Crippen LogP contribution in [0.15, 0.2) is 59.5 Å². The van der Waals surface area contributed by atoms with E-state index in [4.69, 9.17) is 0 Å². The summed E-state index contributed by atoms with van der Waals surface area (Å²) in [6.45, 7) is 4.63. The third-order valence-corrected chi connectivity index (χ3v) is 6.41. The molecule has 144 valence electrons. The molecule has 1 saturated heterocycles. The molecule has 1 aliphatic heterocycles. The molecule has 7 heteroatoms. The number of benzene rings is 2. The van der Waals surface area contributed by atoms with E-state index in [1.54, 1.807) is 35.2 Å². The lowest BCUT2D eigenvalue weighted by Crippen LogP contribution is -2.50. The van der Waals surface area contributed by atoms with E-state index in [0.29, 0.717) is 13.1 Å². The first kappa shape index (κ1) is 19.5. The van der Waals surface area contributed by atoms with Crippen molar-refractivity contribution in [2.45, 2.75) is 18.4 Å². The van der Waals surface area contributed by atoms with Crippen LogP contribution in [0.3, 0.4) is 0 Å². The molecule has 6 nitrogen and oxygen atoms in total. The summed E-state index contributed by atoms with van der Waals surface area (Å²) in [7, 11) is -3.78. The summed E-state index contributed by atoms with van der Waals surface area (Å²) in [5, 5.41) is 3.20. The molecule has 0 unspecified atom stereocenters. The highest BCUT2D eigenvalue weighted by molar-refractivity contribution is 7.89. The van der Waals surface area contributed by atoms with Gasteiger partial charge in [0.15, 0.2) is 0 Å². The number of rotatable bonds is 6. The third-order valence-electron chi connectivity index (χ3n) is 4.60. The Morgan fingerprint density at radius 3 is 2.44 bits per heavy atom. The van der Waals surface area contributed by atoms with Gasteiger partial charge in [0.05, 0.1) is 11.4 Å². The molecular formula is C20H25N3O3S. The van der Waals surface area contributed by atoms with Crippen LogP contribution in [0.1, 0.15) is 11.1 Å². The number of aryl methyl sites for hydroxylation is 1. The summed E-state index contributed by atoms with van der Waals surface area (Å²) in [6.07, 6.45) is 0. The number of nitrogens with zero attached hydrogens (tertiary/aromatic N) is 2. The quantitative estimate of drug-likeness (QED) is 0.818. The average Bonchev–Trinajstić information content (AvgIpc) is 2.69. The van der Waals surface area contributed by atoms with Crippen molar-refractivity contribution >= 4 is 15.9 Å². The number of nitrogens with one attached hydrogen (secondary N) is 1. The van der Waals surface area contributed by atoms with E-state index in [2.05, 4.69) is 5.32 Å². The van der Waals surface area contributed by atoms with Gasteiger partial charge in [0.2, 0.25) is 15.9 Å². The molecule has 0 aromatic heterocycles. The minimum Gasteiger partial charge on any atom is -0.339 e. The van der Waals surface area contributed by atoms with E-state index in [1.165, 1.54) is 4.31 Å². The van der Waals surface area contributed by atoms with Crippen LogP contribution in [0.25, 0.3) is 0 Å². The molecule has 2 aromatic carbocycles. The van der Waals surface area contributed by atoms with Crippen LogP contribution in [0.2, 0.25) is 0 Å². The molecule has 0 spiro atoms. The van der Waals surface area contributed by atoms with Crippen LogP contribution in [-0.2, 0) is 21.4 Å². The van der Waals surface area contributed by atoms with Crippen LogP contribution < -0.4 is 5.32 Å². The molecule has 27 heavy (non-hydrogen) atoms. The van der Waals surface area contributed by atoms with Crippen molar-refractivity contribution < 1.29 is 13.2 Å². The van der Waals surface area contributed by atoms with Gasteiger partial charge in [0.25, 0.3) is 0 Å². The van der Waals surface area contributed by atoms with Crippen molar-refractivity contribution in [2.75, 3.05) is 32.7 Å². The lowest BCUT2D eigenvalue weighted by molar-refractivity contribution is -0.132. The van der Waals surface area contributed by atoms with E-state index in [0.717, 1.165) is 24.2 Å².